The molecule has 0 bridgehead atoms. The zero-order chi connectivity index (χ0) is 12.9. The first-order valence-electron chi connectivity index (χ1n) is 4.12. The molecule has 0 unspecified atom stereocenters. The number of halogens is 3. The van der Waals surface area contributed by atoms with E-state index in [0.29, 0.717) is 0 Å². The Labute approximate surface area is 89.5 Å². The molecule has 0 saturated heterocycles. The molecule has 0 aliphatic heterocycles. The topological polar surface area (TPSA) is 63.4 Å². The second-order valence-corrected chi connectivity index (χ2v) is 3.03. The Bertz CT molecular complexity index is 371. The number of benzene rings is 1. The van der Waals surface area contributed by atoms with E-state index >= 15 is 0 Å². The number of phenolic OH excluding ortho intramolecular Hbond substituents is 1. The molecule has 0 fully saturated rings. The standard InChI is InChI=1S/C7H7NO3.C2H3F3/c1-5-2-3-7(9)6(4-5)8(10)11;1-2(3,4)5/h2-4,9H,1H3;1H3. The highest BCUT2D eigenvalue weighted by atomic mass is 19.4. The van der Waals surface area contributed by atoms with E-state index in [1.807, 2.05) is 0 Å². The van der Waals surface area contributed by atoms with Gasteiger partial charge in [-0.15, -0.1) is 0 Å². The molecule has 1 rings (SSSR count). The molecule has 0 amide bonds. The van der Waals surface area contributed by atoms with Gasteiger partial charge in [0.2, 0.25) is 0 Å². The highest BCUT2D eigenvalue weighted by Gasteiger charge is 2.15. The molecule has 0 heterocycles. The number of aryl methyl sites for hydroxylation is 1. The van der Waals surface area contributed by atoms with E-state index in [4.69, 9.17) is 5.11 Å². The first-order valence-corrected chi connectivity index (χ1v) is 4.12. The molecule has 0 aliphatic carbocycles. The highest BCUT2D eigenvalue weighted by Crippen LogP contribution is 2.25. The Morgan fingerprint density at radius 3 is 2.12 bits per heavy atom. The van der Waals surface area contributed by atoms with Gasteiger partial charge in [-0.2, -0.15) is 13.2 Å². The molecule has 0 radical (unpaired) electrons. The number of alkyl halides is 3. The van der Waals surface area contributed by atoms with Crippen LogP contribution in [0.3, 0.4) is 0 Å². The van der Waals surface area contributed by atoms with Crippen molar-refractivity contribution in [2.45, 2.75) is 20.0 Å². The van der Waals surface area contributed by atoms with E-state index in [9.17, 15) is 23.3 Å². The lowest BCUT2D eigenvalue weighted by Gasteiger charge is -1.95. The molecule has 16 heavy (non-hydrogen) atoms. The second-order valence-electron chi connectivity index (χ2n) is 3.03. The van der Waals surface area contributed by atoms with E-state index in [0.717, 1.165) is 5.56 Å². The van der Waals surface area contributed by atoms with Crippen LogP contribution in [0.5, 0.6) is 5.75 Å². The fourth-order valence-corrected chi connectivity index (χ4v) is 0.780. The number of hydrogen-bond donors (Lipinski definition) is 1. The van der Waals surface area contributed by atoms with Crippen LogP contribution in [0.2, 0.25) is 0 Å². The third-order valence-electron chi connectivity index (χ3n) is 1.33. The Kier molecular flexibility index (Phi) is 4.74. The Hall–Kier alpha value is -1.79. The number of phenols is 1. The van der Waals surface area contributed by atoms with Crippen LogP contribution >= 0.6 is 0 Å². The van der Waals surface area contributed by atoms with Crippen LogP contribution in [-0.2, 0) is 0 Å². The lowest BCUT2D eigenvalue weighted by atomic mass is 10.2. The van der Waals surface area contributed by atoms with Crippen molar-refractivity contribution in [3.63, 3.8) is 0 Å². The summed E-state index contributed by atoms with van der Waals surface area (Å²) in [5.74, 6) is -0.291. The summed E-state index contributed by atoms with van der Waals surface area (Å²) in [6, 6.07) is 4.26. The number of nitro groups is 1. The van der Waals surface area contributed by atoms with Crippen LogP contribution in [-0.4, -0.2) is 16.2 Å². The maximum absolute atomic E-state index is 10.4. The summed E-state index contributed by atoms with van der Waals surface area (Å²) < 4.78 is 31.1. The number of hydrogen-bond acceptors (Lipinski definition) is 3. The molecule has 1 aromatic carbocycles. The van der Waals surface area contributed by atoms with Gasteiger partial charge in [0.1, 0.15) is 0 Å². The van der Waals surface area contributed by atoms with Gasteiger partial charge in [-0.3, -0.25) is 10.1 Å². The van der Waals surface area contributed by atoms with Crippen molar-refractivity contribution in [3.8, 4) is 5.75 Å². The normalized spacial score (nSPS) is 10.3. The maximum Gasteiger partial charge on any atom is 0.386 e. The predicted octanol–water partition coefficient (Wildman–Crippen LogP) is 3.18. The SMILES string of the molecule is CC(F)(F)F.Cc1ccc(O)c([N+](=O)[O-])c1. The van der Waals surface area contributed by atoms with E-state index in [2.05, 4.69) is 0 Å². The van der Waals surface area contributed by atoms with Gasteiger partial charge in [0.25, 0.3) is 0 Å². The summed E-state index contributed by atoms with van der Waals surface area (Å²) in [5.41, 5.74) is 0.513. The zero-order valence-electron chi connectivity index (χ0n) is 8.58. The fraction of sp³-hybridized carbons (Fsp3) is 0.333. The van der Waals surface area contributed by atoms with Gasteiger partial charge in [0, 0.05) is 13.0 Å². The van der Waals surface area contributed by atoms with E-state index < -0.39 is 11.1 Å². The van der Waals surface area contributed by atoms with Crippen molar-refractivity contribution in [1.82, 2.24) is 0 Å². The Morgan fingerprint density at radius 2 is 1.81 bits per heavy atom. The average molecular weight is 237 g/mol. The van der Waals surface area contributed by atoms with Crippen molar-refractivity contribution in [2.24, 2.45) is 0 Å². The maximum atomic E-state index is 10.4. The first-order chi connectivity index (χ1) is 7.11. The summed E-state index contributed by atoms with van der Waals surface area (Å²) in [6.07, 6.45) is -4.00. The van der Waals surface area contributed by atoms with Crippen molar-refractivity contribution in [3.05, 3.63) is 33.9 Å². The number of aromatic hydroxyl groups is 1. The largest absolute Gasteiger partial charge is 0.502 e. The summed E-state index contributed by atoms with van der Waals surface area (Å²) >= 11 is 0. The average Bonchev–Trinajstić information content (AvgIpc) is 2.06. The summed E-state index contributed by atoms with van der Waals surface area (Å²) in [7, 11) is 0. The van der Waals surface area contributed by atoms with Gasteiger partial charge in [-0.05, 0) is 18.6 Å². The number of rotatable bonds is 1. The molecule has 0 atom stereocenters. The first kappa shape index (κ1) is 14.2. The van der Waals surface area contributed by atoms with Gasteiger partial charge in [-0.1, -0.05) is 6.07 Å². The van der Waals surface area contributed by atoms with Crippen LogP contribution in [0, 0.1) is 17.0 Å². The third kappa shape index (κ3) is 6.63. The molecular formula is C9H10F3NO3. The minimum atomic E-state index is -4.00. The lowest BCUT2D eigenvalue weighted by molar-refractivity contribution is -0.385. The van der Waals surface area contributed by atoms with Crippen molar-refractivity contribution in [2.75, 3.05) is 0 Å². The number of nitro benzene ring substituents is 1. The summed E-state index contributed by atoms with van der Waals surface area (Å²) in [6.45, 7) is 1.92. The van der Waals surface area contributed by atoms with Crippen LogP contribution in [0.1, 0.15) is 12.5 Å². The summed E-state index contributed by atoms with van der Waals surface area (Å²) in [4.78, 5) is 9.61. The van der Waals surface area contributed by atoms with Crippen LogP contribution in [0.25, 0.3) is 0 Å². The quantitative estimate of drug-likeness (QED) is 0.602. The Morgan fingerprint density at radius 1 is 1.38 bits per heavy atom. The zero-order valence-corrected chi connectivity index (χ0v) is 8.58. The third-order valence-corrected chi connectivity index (χ3v) is 1.33. The van der Waals surface area contributed by atoms with Gasteiger partial charge in [0.15, 0.2) is 5.75 Å². The van der Waals surface area contributed by atoms with E-state index in [-0.39, 0.29) is 18.4 Å². The van der Waals surface area contributed by atoms with E-state index in [1.54, 1.807) is 13.0 Å². The molecule has 1 N–H and O–H groups in total. The second kappa shape index (κ2) is 5.34. The van der Waals surface area contributed by atoms with Crippen molar-refractivity contribution in [1.29, 1.82) is 0 Å². The molecule has 0 aliphatic rings. The van der Waals surface area contributed by atoms with E-state index in [1.165, 1.54) is 12.1 Å². The smallest absolute Gasteiger partial charge is 0.386 e. The Balaban J connectivity index is 0.000000385. The van der Waals surface area contributed by atoms with Crippen molar-refractivity contribution < 1.29 is 23.2 Å². The van der Waals surface area contributed by atoms with Gasteiger partial charge in [0.05, 0.1) is 4.92 Å². The van der Waals surface area contributed by atoms with Gasteiger partial charge in [-0.25, -0.2) is 0 Å². The lowest BCUT2D eigenvalue weighted by Crippen LogP contribution is -1.95. The molecular weight excluding hydrogens is 227 g/mol. The molecule has 90 valence electrons. The molecule has 0 aromatic heterocycles. The highest BCUT2D eigenvalue weighted by molar-refractivity contribution is 5.47. The monoisotopic (exact) mass is 237 g/mol. The van der Waals surface area contributed by atoms with Gasteiger partial charge < -0.3 is 5.11 Å². The van der Waals surface area contributed by atoms with Gasteiger partial charge >= 0.3 is 11.9 Å². The minimum Gasteiger partial charge on any atom is -0.502 e. The fourth-order valence-electron chi connectivity index (χ4n) is 0.780. The van der Waals surface area contributed by atoms with Crippen LogP contribution < -0.4 is 0 Å². The minimum absolute atomic E-state index is 0.188. The summed E-state index contributed by atoms with van der Waals surface area (Å²) in [5, 5.41) is 19.2. The molecule has 4 nitrogen and oxygen atoms in total. The number of nitrogens with zero attached hydrogens (tertiary/aromatic N) is 1. The molecule has 0 saturated carbocycles. The molecule has 1 aromatic rings. The van der Waals surface area contributed by atoms with Crippen LogP contribution in [0.4, 0.5) is 18.9 Å². The predicted molar refractivity (Wildman–Crippen MR) is 51.2 cm³/mol. The molecule has 7 heteroatoms. The van der Waals surface area contributed by atoms with Crippen LogP contribution in [0.15, 0.2) is 18.2 Å². The molecule has 0 spiro atoms. The van der Waals surface area contributed by atoms with Crippen molar-refractivity contribution >= 4 is 5.69 Å².